The van der Waals surface area contributed by atoms with Crippen molar-refractivity contribution in [2.24, 2.45) is 0 Å². The average Bonchev–Trinajstić information content (AvgIpc) is 3.58. The molecule has 0 atom stereocenters. The van der Waals surface area contributed by atoms with Crippen molar-refractivity contribution >= 4 is 21.8 Å². The zero-order valence-electron chi connectivity index (χ0n) is 25.5. The maximum atomic E-state index is 13.6. The Kier molecular flexibility index (Phi) is 8.68. The minimum Gasteiger partial charge on any atom is -0.509 e. The van der Waals surface area contributed by atoms with Gasteiger partial charge >= 0.3 is 27.2 Å². The van der Waals surface area contributed by atoms with Crippen LogP contribution < -0.4 is 9.47 Å². The summed E-state index contributed by atoms with van der Waals surface area (Å²) < 4.78 is 56.2. The van der Waals surface area contributed by atoms with Crippen molar-refractivity contribution in [3.05, 3.63) is 126 Å². The number of benzene rings is 4. The molecule has 0 aliphatic heterocycles. The number of hydrogen-bond donors (Lipinski definition) is 0. The Morgan fingerprint density at radius 2 is 1.62 bits per heavy atom. The monoisotopic (exact) mass is 811 g/mol. The molecule has 7 aromatic rings. The van der Waals surface area contributed by atoms with E-state index in [1.165, 1.54) is 5.56 Å². The van der Waals surface area contributed by atoms with Crippen molar-refractivity contribution in [3.63, 3.8) is 0 Å². The van der Waals surface area contributed by atoms with Crippen LogP contribution in [0.4, 0.5) is 13.2 Å². The zero-order chi connectivity index (χ0) is 32.0. The molecule has 7 rings (SSSR count). The molecule has 0 saturated carbocycles. The number of fused-ring (bicyclic) bond motifs is 3. The van der Waals surface area contributed by atoms with E-state index in [2.05, 4.69) is 48.3 Å². The van der Waals surface area contributed by atoms with Crippen molar-refractivity contribution in [3.8, 4) is 40.0 Å². The van der Waals surface area contributed by atoms with Gasteiger partial charge < -0.3 is 14.0 Å². The Labute approximate surface area is 283 Å². The van der Waals surface area contributed by atoms with Crippen LogP contribution in [0.15, 0.2) is 97.2 Å². The summed E-state index contributed by atoms with van der Waals surface area (Å²) in [5.74, 6) is 1.46. The summed E-state index contributed by atoms with van der Waals surface area (Å²) in [6.45, 7) is 4.05. The van der Waals surface area contributed by atoms with Gasteiger partial charge in [-0.15, -0.1) is 35.7 Å². The third-order valence-electron chi connectivity index (χ3n) is 7.92. The topological polar surface area (TPSA) is 54.1 Å². The second-order valence-electron chi connectivity index (χ2n) is 10.8. The molecule has 10 heteroatoms. The molecule has 0 aliphatic carbocycles. The molecule has 0 fully saturated rings. The molecule has 0 bridgehead atoms. The van der Waals surface area contributed by atoms with Crippen molar-refractivity contribution in [2.45, 2.75) is 26.4 Å². The largest absolute Gasteiger partial charge is 2.00 e. The van der Waals surface area contributed by atoms with Gasteiger partial charge in [-0.2, -0.15) is 30.4 Å². The number of alkyl halides is 3. The SMILES string of the molecule is CCc1ccc(-c2c(C)nn(-c3[c-]c(Oc4[c-]c5c(cc4)c4ccccc4n5-c4cc(C(F)(F)F)ccn4)ccc3)c2OC)cc1.[Pt+2]. The predicted octanol–water partition coefficient (Wildman–Crippen LogP) is 9.32. The molecule has 0 N–H and O–H groups in total. The van der Waals surface area contributed by atoms with Crippen LogP contribution in [0.5, 0.6) is 17.4 Å². The molecule has 4 aromatic carbocycles. The number of hydrogen-bond acceptors (Lipinski definition) is 4. The number of ether oxygens (including phenoxy) is 2. The molecular formula is C37H27F3N4O2Pt. The second kappa shape index (κ2) is 12.7. The average molecular weight is 812 g/mol. The van der Waals surface area contributed by atoms with Crippen LogP contribution >= 0.6 is 0 Å². The standard InChI is InChI=1S/C37H27F3N4O2.Pt/c1-4-24-12-14-25(15-13-24)35-23(2)42-44(36(35)45-3)27-8-7-9-28(21-27)46-29-16-17-31-30-10-5-6-11-32(30)43(33(31)22-29)34-20-26(18-19-41-34)37(38,39)40;/h5-20H,4H2,1-3H3;/q-2;+2. The molecule has 0 radical (unpaired) electrons. The summed E-state index contributed by atoms with van der Waals surface area (Å²) in [5, 5.41) is 6.42. The van der Waals surface area contributed by atoms with E-state index in [0.29, 0.717) is 34.1 Å². The van der Waals surface area contributed by atoms with Crippen LogP contribution in [0.2, 0.25) is 0 Å². The van der Waals surface area contributed by atoms with E-state index >= 15 is 0 Å². The maximum Gasteiger partial charge on any atom is 2.00 e. The smallest absolute Gasteiger partial charge is 0.509 e. The van der Waals surface area contributed by atoms with Gasteiger partial charge in [0, 0.05) is 23.2 Å². The summed E-state index contributed by atoms with van der Waals surface area (Å²) in [5.41, 5.74) is 4.99. The molecule has 0 amide bonds. The van der Waals surface area contributed by atoms with Crippen LogP contribution in [0.25, 0.3) is 44.4 Å². The van der Waals surface area contributed by atoms with Gasteiger partial charge in [-0.1, -0.05) is 54.9 Å². The van der Waals surface area contributed by atoms with Crippen LogP contribution in [-0.4, -0.2) is 26.4 Å². The fourth-order valence-corrected chi connectivity index (χ4v) is 5.72. The third-order valence-corrected chi connectivity index (χ3v) is 7.92. The zero-order valence-corrected chi connectivity index (χ0v) is 27.8. The number of para-hydroxylation sites is 1. The summed E-state index contributed by atoms with van der Waals surface area (Å²) in [4.78, 5) is 4.28. The molecule has 6 nitrogen and oxygen atoms in total. The number of nitrogens with zero attached hydrogens (tertiary/aromatic N) is 4. The molecule has 3 heterocycles. The Bertz CT molecular complexity index is 2220. The van der Waals surface area contributed by atoms with E-state index in [1.54, 1.807) is 28.5 Å². The Morgan fingerprint density at radius 3 is 2.36 bits per heavy atom. The van der Waals surface area contributed by atoms with Crippen molar-refractivity contribution < 1.29 is 43.7 Å². The molecule has 47 heavy (non-hydrogen) atoms. The first-order chi connectivity index (χ1) is 22.2. The van der Waals surface area contributed by atoms with E-state index in [1.807, 2.05) is 49.4 Å². The molecule has 0 aliphatic rings. The van der Waals surface area contributed by atoms with Crippen LogP contribution in [0.3, 0.4) is 0 Å². The van der Waals surface area contributed by atoms with Gasteiger partial charge in [0.05, 0.1) is 23.9 Å². The second-order valence-corrected chi connectivity index (χ2v) is 10.8. The van der Waals surface area contributed by atoms with E-state index in [4.69, 9.17) is 14.6 Å². The predicted molar refractivity (Wildman–Crippen MR) is 171 cm³/mol. The van der Waals surface area contributed by atoms with Gasteiger partial charge in [0.15, 0.2) is 0 Å². The minimum absolute atomic E-state index is 0. The van der Waals surface area contributed by atoms with E-state index in [9.17, 15) is 13.2 Å². The van der Waals surface area contributed by atoms with Gasteiger partial charge in [-0.05, 0) is 53.7 Å². The Hall–Kier alpha value is -4.88. The van der Waals surface area contributed by atoms with Gasteiger partial charge in [0.2, 0.25) is 5.88 Å². The van der Waals surface area contributed by atoms with Gasteiger partial charge in [0.1, 0.15) is 5.82 Å². The summed E-state index contributed by atoms with van der Waals surface area (Å²) in [7, 11) is 1.61. The van der Waals surface area contributed by atoms with Crippen LogP contribution in [0.1, 0.15) is 23.7 Å². The van der Waals surface area contributed by atoms with E-state index in [0.717, 1.165) is 52.3 Å². The fraction of sp³-hybridized carbons (Fsp3) is 0.135. The van der Waals surface area contributed by atoms with Crippen molar-refractivity contribution in [2.75, 3.05) is 7.11 Å². The van der Waals surface area contributed by atoms with Crippen LogP contribution in [-0.2, 0) is 33.7 Å². The van der Waals surface area contributed by atoms with Crippen molar-refractivity contribution in [1.82, 2.24) is 19.3 Å². The fourth-order valence-electron chi connectivity index (χ4n) is 5.72. The maximum absolute atomic E-state index is 13.6. The summed E-state index contributed by atoms with van der Waals surface area (Å²) >= 11 is 0. The van der Waals surface area contributed by atoms with E-state index in [-0.39, 0.29) is 26.9 Å². The van der Waals surface area contributed by atoms with Gasteiger partial charge in [-0.3, -0.25) is 0 Å². The Morgan fingerprint density at radius 1 is 0.851 bits per heavy atom. The number of rotatable bonds is 7. The quantitative estimate of drug-likeness (QED) is 0.151. The van der Waals surface area contributed by atoms with Crippen molar-refractivity contribution in [1.29, 1.82) is 0 Å². The minimum atomic E-state index is -4.51. The first kappa shape index (κ1) is 32.1. The molecule has 0 saturated heterocycles. The number of aromatic nitrogens is 4. The first-order valence-corrected chi connectivity index (χ1v) is 14.7. The third kappa shape index (κ3) is 5.92. The first-order valence-electron chi connectivity index (χ1n) is 14.7. The Balaban J connectivity index is 0.00000386. The summed E-state index contributed by atoms with van der Waals surface area (Å²) in [6, 6.07) is 33.4. The van der Waals surface area contributed by atoms with Crippen LogP contribution in [0, 0.1) is 19.1 Å². The number of aryl methyl sites for hydroxylation is 2. The molecule has 0 unspecified atom stereocenters. The summed E-state index contributed by atoms with van der Waals surface area (Å²) in [6.07, 6.45) is -2.39. The molecule has 0 spiro atoms. The number of halogens is 3. The number of pyridine rings is 1. The van der Waals surface area contributed by atoms with Gasteiger partial charge in [-0.25, -0.2) is 9.67 Å². The molecule has 3 aromatic heterocycles. The molecule has 238 valence electrons. The van der Waals surface area contributed by atoms with Gasteiger partial charge in [0.25, 0.3) is 0 Å². The number of methoxy groups -OCH3 is 1. The normalized spacial score (nSPS) is 11.5. The van der Waals surface area contributed by atoms with E-state index < -0.39 is 11.7 Å². The molecular weight excluding hydrogens is 785 g/mol.